The Hall–Kier alpha value is -1.85. The molecule has 1 saturated carbocycles. The van der Waals surface area contributed by atoms with Crippen molar-refractivity contribution in [1.82, 2.24) is 4.98 Å². The average Bonchev–Trinajstić information content (AvgIpc) is 2.22. The molecule has 1 heterocycles. The lowest BCUT2D eigenvalue weighted by molar-refractivity contribution is -0.384. The molecule has 0 aromatic carbocycles. The van der Waals surface area contributed by atoms with Gasteiger partial charge in [0.15, 0.2) is 0 Å². The van der Waals surface area contributed by atoms with E-state index in [1.54, 1.807) is 13.1 Å². The fourth-order valence-corrected chi connectivity index (χ4v) is 1.59. The highest BCUT2D eigenvalue weighted by Crippen LogP contribution is 2.28. The minimum atomic E-state index is -0.409. The molecule has 1 aliphatic carbocycles. The summed E-state index contributed by atoms with van der Waals surface area (Å²) in [6.07, 6.45) is 3.29. The zero-order chi connectivity index (χ0) is 11.5. The third kappa shape index (κ3) is 2.05. The van der Waals surface area contributed by atoms with Crippen LogP contribution in [-0.2, 0) is 0 Å². The van der Waals surface area contributed by atoms with Gasteiger partial charge in [0.1, 0.15) is 5.82 Å². The highest BCUT2D eigenvalue weighted by molar-refractivity contribution is 5.60. The lowest BCUT2D eigenvalue weighted by Crippen LogP contribution is -2.28. The molecule has 1 fully saturated rings. The predicted octanol–water partition coefficient (Wildman–Crippen LogP) is 2.00. The predicted molar refractivity (Wildman–Crippen MR) is 61.7 cm³/mol. The van der Waals surface area contributed by atoms with E-state index in [1.807, 2.05) is 0 Å². The molecule has 1 aromatic rings. The van der Waals surface area contributed by atoms with Gasteiger partial charge in [-0.15, -0.1) is 0 Å². The van der Waals surface area contributed by atoms with Crippen molar-refractivity contribution in [3.63, 3.8) is 0 Å². The van der Waals surface area contributed by atoms with Crippen molar-refractivity contribution in [2.24, 2.45) is 0 Å². The summed E-state index contributed by atoms with van der Waals surface area (Å²) >= 11 is 0. The van der Waals surface area contributed by atoms with Crippen molar-refractivity contribution in [2.45, 2.75) is 25.3 Å². The molecule has 6 heteroatoms. The second kappa shape index (κ2) is 4.34. The maximum atomic E-state index is 10.8. The highest BCUT2D eigenvalue weighted by Gasteiger charge is 2.22. The van der Waals surface area contributed by atoms with E-state index < -0.39 is 4.92 Å². The molecule has 0 unspecified atom stereocenters. The van der Waals surface area contributed by atoms with Gasteiger partial charge in [0.25, 0.3) is 0 Å². The maximum absolute atomic E-state index is 10.8. The first-order valence-corrected chi connectivity index (χ1v) is 5.30. The van der Waals surface area contributed by atoms with Crippen LogP contribution in [0.25, 0.3) is 0 Å². The van der Waals surface area contributed by atoms with E-state index in [0.29, 0.717) is 17.7 Å². The summed E-state index contributed by atoms with van der Waals surface area (Å²) in [5.41, 5.74) is 0.0332. The lowest BCUT2D eigenvalue weighted by Gasteiger charge is -2.26. The molecule has 0 atom stereocenters. The van der Waals surface area contributed by atoms with Crippen LogP contribution in [0.4, 0.5) is 17.3 Å². The average molecular weight is 222 g/mol. The number of hydrogen-bond acceptors (Lipinski definition) is 5. The van der Waals surface area contributed by atoms with Crippen molar-refractivity contribution < 1.29 is 4.92 Å². The van der Waals surface area contributed by atoms with E-state index in [4.69, 9.17) is 0 Å². The van der Waals surface area contributed by atoms with E-state index in [9.17, 15) is 10.1 Å². The smallest absolute Gasteiger partial charge is 0.311 e. The minimum absolute atomic E-state index is 0.0332. The Bertz CT molecular complexity index is 404. The second-order valence-electron chi connectivity index (χ2n) is 3.84. The van der Waals surface area contributed by atoms with Crippen LogP contribution in [0.5, 0.6) is 0 Å². The van der Waals surface area contributed by atoms with E-state index in [-0.39, 0.29) is 5.69 Å². The van der Waals surface area contributed by atoms with Crippen LogP contribution in [0.3, 0.4) is 0 Å². The van der Waals surface area contributed by atoms with Gasteiger partial charge in [-0.2, -0.15) is 0 Å². The molecule has 0 spiro atoms. The summed E-state index contributed by atoms with van der Waals surface area (Å²) in [5, 5.41) is 16.8. The van der Waals surface area contributed by atoms with E-state index in [0.717, 1.165) is 12.8 Å². The molecule has 1 aliphatic rings. The number of nitro groups is 1. The zero-order valence-electron chi connectivity index (χ0n) is 9.06. The molecule has 0 bridgehead atoms. The Morgan fingerprint density at radius 2 is 2.25 bits per heavy atom. The lowest BCUT2D eigenvalue weighted by atomic mass is 9.93. The minimum Gasteiger partial charge on any atom is -0.373 e. The Labute approximate surface area is 93.2 Å². The summed E-state index contributed by atoms with van der Waals surface area (Å²) in [6.45, 7) is 0. The summed E-state index contributed by atoms with van der Waals surface area (Å²) in [5.74, 6) is 0.994. The van der Waals surface area contributed by atoms with E-state index in [2.05, 4.69) is 15.6 Å². The highest BCUT2D eigenvalue weighted by atomic mass is 16.6. The van der Waals surface area contributed by atoms with Crippen molar-refractivity contribution >= 4 is 17.3 Å². The molecular formula is C10H14N4O2. The van der Waals surface area contributed by atoms with Gasteiger partial charge in [-0.05, 0) is 25.3 Å². The van der Waals surface area contributed by atoms with Gasteiger partial charge in [0.2, 0.25) is 5.82 Å². The van der Waals surface area contributed by atoms with Crippen LogP contribution in [0.1, 0.15) is 19.3 Å². The van der Waals surface area contributed by atoms with E-state index >= 15 is 0 Å². The molecule has 2 rings (SSSR count). The van der Waals surface area contributed by atoms with Crippen molar-refractivity contribution in [2.75, 3.05) is 17.7 Å². The van der Waals surface area contributed by atoms with Crippen molar-refractivity contribution in [1.29, 1.82) is 0 Å². The van der Waals surface area contributed by atoms with Gasteiger partial charge in [-0.25, -0.2) is 4.98 Å². The molecule has 86 valence electrons. The Morgan fingerprint density at radius 3 is 2.75 bits per heavy atom. The molecule has 0 saturated heterocycles. The van der Waals surface area contributed by atoms with Gasteiger partial charge in [-0.1, -0.05) is 0 Å². The molecule has 16 heavy (non-hydrogen) atoms. The Balaban J connectivity index is 2.25. The zero-order valence-corrected chi connectivity index (χ0v) is 9.06. The largest absolute Gasteiger partial charge is 0.373 e. The number of rotatable bonds is 4. The van der Waals surface area contributed by atoms with Gasteiger partial charge < -0.3 is 10.6 Å². The Morgan fingerprint density at radius 1 is 1.50 bits per heavy atom. The molecule has 0 aliphatic heterocycles. The summed E-state index contributed by atoms with van der Waals surface area (Å²) in [4.78, 5) is 14.6. The molecular weight excluding hydrogens is 208 g/mol. The molecule has 1 aromatic heterocycles. The van der Waals surface area contributed by atoms with Crippen molar-refractivity contribution in [3.05, 3.63) is 22.2 Å². The summed E-state index contributed by atoms with van der Waals surface area (Å²) < 4.78 is 0. The van der Waals surface area contributed by atoms with Gasteiger partial charge >= 0.3 is 5.69 Å². The quantitative estimate of drug-likeness (QED) is 0.601. The molecule has 0 amide bonds. The third-order valence-corrected chi connectivity index (χ3v) is 2.77. The van der Waals surface area contributed by atoms with Gasteiger partial charge in [0.05, 0.1) is 4.92 Å². The molecule has 6 nitrogen and oxygen atoms in total. The summed E-state index contributed by atoms with van der Waals surface area (Å²) in [6, 6.07) is 3.41. The monoisotopic (exact) mass is 222 g/mol. The van der Waals surface area contributed by atoms with E-state index in [1.165, 1.54) is 12.5 Å². The first kappa shape index (κ1) is 10.7. The number of hydrogen-bond donors (Lipinski definition) is 2. The SMILES string of the molecule is CNc1ccc([N+](=O)[O-])c(NC2CCC2)n1. The standard InChI is InChI=1S/C10H14N4O2/c1-11-9-6-5-8(14(15)16)10(13-9)12-7-3-2-4-7/h5-7H,2-4H2,1H3,(H2,11,12,13). The third-order valence-electron chi connectivity index (χ3n) is 2.77. The second-order valence-corrected chi connectivity index (χ2v) is 3.84. The fourth-order valence-electron chi connectivity index (χ4n) is 1.59. The Kier molecular flexibility index (Phi) is 2.89. The number of anilines is 2. The molecule has 2 N–H and O–H groups in total. The van der Waals surface area contributed by atoms with Crippen LogP contribution in [0, 0.1) is 10.1 Å². The van der Waals surface area contributed by atoms with Gasteiger partial charge in [-0.3, -0.25) is 10.1 Å². The van der Waals surface area contributed by atoms with Crippen molar-refractivity contribution in [3.8, 4) is 0 Å². The number of nitrogens with one attached hydrogen (secondary N) is 2. The topological polar surface area (TPSA) is 80.1 Å². The van der Waals surface area contributed by atoms with Crippen LogP contribution in [0.15, 0.2) is 12.1 Å². The van der Waals surface area contributed by atoms with Gasteiger partial charge in [0, 0.05) is 19.2 Å². The summed E-state index contributed by atoms with van der Waals surface area (Å²) in [7, 11) is 1.74. The number of nitrogens with zero attached hydrogens (tertiary/aromatic N) is 2. The van der Waals surface area contributed by atoms with Crippen LogP contribution >= 0.6 is 0 Å². The normalized spacial score (nSPS) is 15.3. The number of aromatic nitrogens is 1. The fraction of sp³-hybridized carbons (Fsp3) is 0.500. The van der Waals surface area contributed by atoms with Crippen LogP contribution in [0.2, 0.25) is 0 Å². The van der Waals surface area contributed by atoms with Crippen LogP contribution < -0.4 is 10.6 Å². The number of pyridine rings is 1. The van der Waals surface area contributed by atoms with Crippen LogP contribution in [-0.4, -0.2) is 23.0 Å². The first-order chi connectivity index (χ1) is 7.70. The first-order valence-electron chi connectivity index (χ1n) is 5.30. The molecule has 0 radical (unpaired) electrons. The maximum Gasteiger partial charge on any atom is 0.311 e.